The molecular formula is C24H25N5O4. The molecule has 170 valence electrons. The van der Waals surface area contributed by atoms with E-state index in [1.807, 2.05) is 44.2 Å². The Bertz CT molecular complexity index is 1300. The second kappa shape index (κ2) is 9.56. The van der Waals surface area contributed by atoms with Gasteiger partial charge in [0.1, 0.15) is 6.61 Å². The number of fused-ring (bicyclic) bond motifs is 1. The summed E-state index contributed by atoms with van der Waals surface area (Å²) in [5.41, 5.74) is 4.20. The maximum atomic E-state index is 12.3. The van der Waals surface area contributed by atoms with Gasteiger partial charge in [-0.1, -0.05) is 6.07 Å². The predicted octanol–water partition coefficient (Wildman–Crippen LogP) is 3.23. The summed E-state index contributed by atoms with van der Waals surface area (Å²) in [5.74, 6) is 2.00. The molecule has 4 rings (SSSR count). The molecule has 9 heteroatoms. The number of nitrogens with one attached hydrogen (secondary N) is 1. The summed E-state index contributed by atoms with van der Waals surface area (Å²) in [6, 6.07) is 14.6. The summed E-state index contributed by atoms with van der Waals surface area (Å²) in [5, 5.41) is 15.8. The SMILES string of the molecule is COc1ccc(-c2nnc3ccc(OCCNC(=O)c4ccc(C)c(C)c4)nn23)cc1OC. The highest BCUT2D eigenvalue weighted by Crippen LogP contribution is 2.31. The predicted molar refractivity (Wildman–Crippen MR) is 123 cm³/mol. The quantitative estimate of drug-likeness (QED) is 0.414. The third kappa shape index (κ3) is 4.72. The van der Waals surface area contributed by atoms with Gasteiger partial charge in [-0.15, -0.1) is 15.3 Å². The third-order valence-electron chi connectivity index (χ3n) is 5.29. The smallest absolute Gasteiger partial charge is 0.251 e. The van der Waals surface area contributed by atoms with Gasteiger partial charge in [-0.05, 0) is 61.4 Å². The molecule has 0 saturated heterocycles. The van der Waals surface area contributed by atoms with Crippen molar-refractivity contribution in [1.29, 1.82) is 0 Å². The van der Waals surface area contributed by atoms with Gasteiger partial charge in [-0.3, -0.25) is 4.79 Å². The van der Waals surface area contributed by atoms with Gasteiger partial charge in [0.15, 0.2) is 23.0 Å². The molecule has 2 aromatic heterocycles. The number of carbonyl (C=O) groups excluding carboxylic acids is 1. The average molecular weight is 447 g/mol. The lowest BCUT2D eigenvalue weighted by atomic mass is 10.1. The number of ether oxygens (including phenoxy) is 3. The van der Waals surface area contributed by atoms with Crippen LogP contribution in [0, 0.1) is 13.8 Å². The van der Waals surface area contributed by atoms with Crippen LogP contribution >= 0.6 is 0 Å². The summed E-state index contributed by atoms with van der Waals surface area (Å²) in [6.45, 7) is 4.61. The second-order valence-electron chi connectivity index (χ2n) is 7.44. The first-order valence-electron chi connectivity index (χ1n) is 10.4. The van der Waals surface area contributed by atoms with Crippen LogP contribution in [-0.4, -0.2) is 53.1 Å². The number of benzene rings is 2. The molecule has 1 amide bonds. The third-order valence-corrected chi connectivity index (χ3v) is 5.29. The summed E-state index contributed by atoms with van der Waals surface area (Å²) in [4.78, 5) is 12.3. The Morgan fingerprint density at radius 1 is 0.939 bits per heavy atom. The van der Waals surface area contributed by atoms with Gasteiger partial charge < -0.3 is 19.5 Å². The van der Waals surface area contributed by atoms with E-state index in [1.165, 1.54) is 0 Å². The lowest BCUT2D eigenvalue weighted by molar-refractivity contribution is 0.0946. The molecule has 4 aromatic rings. The molecule has 1 N–H and O–H groups in total. The van der Waals surface area contributed by atoms with Crippen molar-refractivity contribution in [3.8, 4) is 28.8 Å². The lowest BCUT2D eigenvalue weighted by Gasteiger charge is -2.10. The van der Waals surface area contributed by atoms with Gasteiger partial charge in [0.05, 0.1) is 20.8 Å². The van der Waals surface area contributed by atoms with E-state index in [2.05, 4.69) is 20.6 Å². The normalized spacial score (nSPS) is 10.8. The Labute approximate surface area is 191 Å². The molecule has 9 nitrogen and oxygen atoms in total. The minimum atomic E-state index is -0.139. The molecule has 0 spiro atoms. The highest BCUT2D eigenvalue weighted by molar-refractivity contribution is 5.94. The van der Waals surface area contributed by atoms with Gasteiger partial charge in [-0.25, -0.2) is 0 Å². The van der Waals surface area contributed by atoms with Crippen LogP contribution in [0.25, 0.3) is 17.0 Å². The van der Waals surface area contributed by atoms with Crippen LogP contribution in [0.3, 0.4) is 0 Å². The number of aryl methyl sites for hydroxylation is 2. The maximum Gasteiger partial charge on any atom is 0.251 e. The first-order valence-corrected chi connectivity index (χ1v) is 10.4. The zero-order chi connectivity index (χ0) is 23.4. The molecule has 0 aliphatic rings. The fourth-order valence-electron chi connectivity index (χ4n) is 3.31. The monoisotopic (exact) mass is 447 g/mol. The van der Waals surface area contributed by atoms with Crippen molar-refractivity contribution in [1.82, 2.24) is 25.1 Å². The fourth-order valence-corrected chi connectivity index (χ4v) is 3.31. The topological polar surface area (TPSA) is 99.9 Å². The van der Waals surface area contributed by atoms with Crippen LogP contribution in [0.15, 0.2) is 48.5 Å². The molecule has 0 aliphatic heterocycles. The highest BCUT2D eigenvalue weighted by atomic mass is 16.5. The number of methoxy groups -OCH3 is 2. The highest BCUT2D eigenvalue weighted by Gasteiger charge is 2.14. The molecule has 0 bridgehead atoms. The number of amides is 1. The molecule has 0 saturated carbocycles. The minimum absolute atomic E-state index is 0.139. The van der Waals surface area contributed by atoms with Gasteiger partial charge in [0.25, 0.3) is 5.91 Å². The molecule has 33 heavy (non-hydrogen) atoms. The molecule has 2 aromatic carbocycles. The van der Waals surface area contributed by atoms with E-state index in [0.29, 0.717) is 41.0 Å². The number of aromatic nitrogens is 4. The van der Waals surface area contributed by atoms with Gasteiger partial charge in [0.2, 0.25) is 5.88 Å². The number of carbonyl (C=O) groups is 1. The number of hydrogen-bond donors (Lipinski definition) is 1. The summed E-state index contributed by atoms with van der Waals surface area (Å²) < 4.78 is 18.0. The van der Waals surface area contributed by atoms with Gasteiger partial charge in [-0.2, -0.15) is 4.52 Å². The average Bonchev–Trinajstić information content (AvgIpc) is 3.26. The van der Waals surface area contributed by atoms with Crippen molar-refractivity contribution in [2.75, 3.05) is 27.4 Å². The van der Waals surface area contributed by atoms with Crippen molar-refractivity contribution < 1.29 is 19.0 Å². The number of hydrogen-bond acceptors (Lipinski definition) is 7. The Kier molecular flexibility index (Phi) is 6.39. The van der Waals surface area contributed by atoms with Gasteiger partial charge >= 0.3 is 0 Å². The van der Waals surface area contributed by atoms with Crippen LogP contribution in [-0.2, 0) is 0 Å². The molecule has 0 aliphatic carbocycles. The first-order chi connectivity index (χ1) is 16.0. The number of nitrogens with zero attached hydrogens (tertiary/aromatic N) is 4. The van der Waals surface area contributed by atoms with E-state index < -0.39 is 0 Å². The summed E-state index contributed by atoms with van der Waals surface area (Å²) in [7, 11) is 3.16. The van der Waals surface area contributed by atoms with Crippen molar-refractivity contribution >= 4 is 11.6 Å². The largest absolute Gasteiger partial charge is 0.493 e. The molecular weight excluding hydrogens is 422 g/mol. The van der Waals surface area contributed by atoms with Crippen molar-refractivity contribution in [3.63, 3.8) is 0 Å². The van der Waals surface area contributed by atoms with E-state index >= 15 is 0 Å². The van der Waals surface area contributed by atoms with E-state index in [1.54, 1.807) is 36.9 Å². The van der Waals surface area contributed by atoms with Crippen molar-refractivity contribution in [2.45, 2.75) is 13.8 Å². The van der Waals surface area contributed by atoms with Crippen molar-refractivity contribution in [3.05, 3.63) is 65.2 Å². The van der Waals surface area contributed by atoms with E-state index in [9.17, 15) is 4.79 Å². The summed E-state index contributed by atoms with van der Waals surface area (Å²) >= 11 is 0. The standard InChI is InChI=1S/C24H25N5O4/c1-15-5-6-18(13-16(15)2)24(30)25-11-12-33-22-10-9-21-26-27-23(29(21)28-22)17-7-8-19(31-3)20(14-17)32-4/h5-10,13-14H,11-12H2,1-4H3,(H,25,30). The molecule has 0 fully saturated rings. The Balaban J connectivity index is 1.43. The van der Waals surface area contributed by atoms with E-state index in [0.717, 1.165) is 16.7 Å². The number of rotatable bonds is 8. The molecule has 0 radical (unpaired) electrons. The lowest BCUT2D eigenvalue weighted by Crippen LogP contribution is -2.28. The van der Waals surface area contributed by atoms with Crippen LogP contribution in [0.4, 0.5) is 0 Å². The van der Waals surface area contributed by atoms with Gasteiger partial charge in [0, 0.05) is 17.2 Å². The van der Waals surface area contributed by atoms with E-state index in [4.69, 9.17) is 14.2 Å². The molecule has 0 atom stereocenters. The van der Waals surface area contributed by atoms with Crippen molar-refractivity contribution in [2.24, 2.45) is 0 Å². The Hall–Kier alpha value is -4.14. The van der Waals surface area contributed by atoms with E-state index in [-0.39, 0.29) is 12.5 Å². The fraction of sp³-hybridized carbons (Fsp3) is 0.250. The Morgan fingerprint density at radius 3 is 2.52 bits per heavy atom. The molecule has 0 unspecified atom stereocenters. The maximum absolute atomic E-state index is 12.3. The van der Waals surface area contributed by atoms with Crippen LogP contribution in [0.2, 0.25) is 0 Å². The second-order valence-corrected chi connectivity index (χ2v) is 7.44. The summed E-state index contributed by atoms with van der Waals surface area (Å²) in [6.07, 6.45) is 0. The van der Waals surface area contributed by atoms with Crippen LogP contribution in [0.1, 0.15) is 21.5 Å². The Morgan fingerprint density at radius 2 is 1.76 bits per heavy atom. The molecule has 2 heterocycles. The zero-order valence-corrected chi connectivity index (χ0v) is 19.0. The van der Waals surface area contributed by atoms with Crippen LogP contribution in [0.5, 0.6) is 17.4 Å². The minimum Gasteiger partial charge on any atom is -0.493 e. The first kappa shape index (κ1) is 22.1. The van der Waals surface area contributed by atoms with Crippen LogP contribution < -0.4 is 19.5 Å². The zero-order valence-electron chi connectivity index (χ0n) is 19.0.